The first-order valence-corrected chi connectivity index (χ1v) is 8.67. The highest BCUT2D eigenvalue weighted by Crippen LogP contribution is 2.13. The second kappa shape index (κ2) is 8.39. The van der Waals surface area contributed by atoms with E-state index in [1.165, 1.54) is 4.90 Å². The van der Waals surface area contributed by atoms with Crippen LogP contribution in [-0.4, -0.2) is 43.4 Å². The van der Waals surface area contributed by atoms with Gasteiger partial charge in [-0.2, -0.15) is 0 Å². The summed E-state index contributed by atoms with van der Waals surface area (Å²) in [5, 5.41) is 2.90. The normalized spacial score (nSPS) is 10.4. The van der Waals surface area contributed by atoms with Crippen LogP contribution in [0.15, 0.2) is 63.8 Å². The van der Waals surface area contributed by atoms with E-state index in [-0.39, 0.29) is 22.7 Å². The zero-order valence-electron chi connectivity index (χ0n) is 15.8. The number of para-hydroxylation sites is 1. The number of hydrogen-bond donors (Lipinski definition) is 1. The van der Waals surface area contributed by atoms with Crippen LogP contribution in [0.25, 0.3) is 11.0 Å². The summed E-state index contributed by atoms with van der Waals surface area (Å²) in [7, 11) is 3.29. The molecule has 1 aromatic heterocycles. The van der Waals surface area contributed by atoms with Gasteiger partial charge in [0.05, 0.1) is 5.39 Å². The highest BCUT2D eigenvalue weighted by molar-refractivity contribution is 5.97. The number of fused-ring (bicyclic) bond motifs is 1. The van der Waals surface area contributed by atoms with Gasteiger partial charge in [-0.15, -0.1) is 0 Å². The predicted octanol–water partition coefficient (Wildman–Crippen LogP) is 2.29. The Kier molecular flexibility index (Phi) is 5.73. The fraction of sp³-hybridized carbons (Fsp3) is 0.143. The molecule has 148 valence electrons. The van der Waals surface area contributed by atoms with Crippen LogP contribution in [0.5, 0.6) is 0 Å². The van der Waals surface area contributed by atoms with Gasteiger partial charge in [0.1, 0.15) is 5.58 Å². The lowest BCUT2D eigenvalue weighted by molar-refractivity contribution is -0.119. The minimum atomic E-state index is -0.921. The molecule has 2 aromatic carbocycles. The number of carbonyl (C=O) groups excluding carboxylic acids is 3. The molecule has 0 radical (unpaired) electrons. The van der Waals surface area contributed by atoms with Crippen molar-refractivity contribution in [1.82, 2.24) is 4.90 Å². The average molecular weight is 394 g/mol. The van der Waals surface area contributed by atoms with E-state index >= 15 is 0 Å². The molecule has 0 saturated heterocycles. The van der Waals surface area contributed by atoms with Crippen LogP contribution >= 0.6 is 0 Å². The van der Waals surface area contributed by atoms with Gasteiger partial charge < -0.3 is 19.4 Å². The molecule has 0 saturated carbocycles. The summed E-state index contributed by atoms with van der Waals surface area (Å²) in [6.45, 7) is -0.562. The first kappa shape index (κ1) is 19.8. The Labute approximate surface area is 165 Å². The summed E-state index contributed by atoms with van der Waals surface area (Å²) in [4.78, 5) is 49.4. The molecule has 8 heteroatoms. The third kappa shape index (κ3) is 4.67. The molecule has 2 amide bonds. The van der Waals surface area contributed by atoms with Crippen molar-refractivity contribution in [1.29, 1.82) is 0 Å². The van der Waals surface area contributed by atoms with Gasteiger partial charge in [0, 0.05) is 31.4 Å². The smallest absolute Gasteiger partial charge is 0.374 e. The Balaban J connectivity index is 1.60. The highest BCUT2D eigenvalue weighted by atomic mass is 16.5. The molecule has 29 heavy (non-hydrogen) atoms. The van der Waals surface area contributed by atoms with Gasteiger partial charge in [0.15, 0.2) is 12.0 Å². The molecule has 0 aliphatic carbocycles. The number of carbonyl (C=O) groups is 3. The van der Waals surface area contributed by atoms with Crippen molar-refractivity contribution in [3.63, 3.8) is 0 Å². The van der Waals surface area contributed by atoms with E-state index in [2.05, 4.69) is 5.32 Å². The van der Waals surface area contributed by atoms with Crippen LogP contribution in [0.4, 0.5) is 5.69 Å². The molecule has 3 rings (SSSR count). The van der Waals surface area contributed by atoms with E-state index in [1.54, 1.807) is 62.6 Å². The molecule has 0 unspecified atom stereocenters. The summed E-state index contributed by atoms with van der Waals surface area (Å²) < 4.78 is 10.3. The first-order chi connectivity index (χ1) is 13.8. The molecule has 8 nitrogen and oxygen atoms in total. The van der Waals surface area contributed by atoms with Crippen molar-refractivity contribution in [3.8, 4) is 0 Å². The van der Waals surface area contributed by atoms with E-state index in [1.807, 2.05) is 0 Å². The number of rotatable bonds is 5. The minimum Gasteiger partial charge on any atom is -0.450 e. The molecule has 0 fully saturated rings. The Hall–Kier alpha value is -3.94. The van der Waals surface area contributed by atoms with Gasteiger partial charge in [0.25, 0.3) is 11.8 Å². The standard InChI is InChI=1S/C21H18N2O6/c1-23(2)20(26)13-7-9-14(10-8-13)22-19(25)12-28-21(27)18-11-16(24)15-5-3-4-6-17(15)29-18/h3-11H,12H2,1-2H3,(H,22,25). The van der Waals surface area contributed by atoms with E-state index in [0.717, 1.165) is 6.07 Å². The Morgan fingerprint density at radius 1 is 1.03 bits per heavy atom. The van der Waals surface area contributed by atoms with Crippen molar-refractivity contribution in [2.45, 2.75) is 0 Å². The van der Waals surface area contributed by atoms with Crippen LogP contribution in [0.3, 0.4) is 0 Å². The molecule has 0 bridgehead atoms. The van der Waals surface area contributed by atoms with Crippen LogP contribution < -0.4 is 10.7 Å². The lowest BCUT2D eigenvalue weighted by Gasteiger charge is -2.11. The number of benzene rings is 2. The van der Waals surface area contributed by atoms with E-state index in [9.17, 15) is 19.2 Å². The monoisotopic (exact) mass is 394 g/mol. The number of esters is 1. The quantitative estimate of drug-likeness (QED) is 0.666. The fourth-order valence-corrected chi connectivity index (χ4v) is 2.56. The van der Waals surface area contributed by atoms with Crippen molar-refractivity contribution >= 4 is 34.4 Å². The van der Waals surface area contributed by atoms with Crippen LogP contribution in [0, 0.1) is 0 Å². The Morgan fingerprint density at radius 3 is 2.41 bits per heavy atom. The first-order valence-electron chi connectivity index (χ1n) is 8.67. The Morgan fingerprint density at radius 2 is 1.72 bits per heavy atom. The van der Waals surface area contributed by atoms with Crippen LogP contribution in [-0.2, 0) is 9.53 Å². The summed E-state index contributed by atoms with van der Waals surface area (Å²) in [6, 6.07) is 13.8. The zero-order chi connectivity index (χ0) is 21.0. The van der Waals surface area contributed by atoms with Crippen molar-refractivity contribution in [2.75, 3.05) is 26.0 Å². The van der Waals surface area contributed by atoms with Gasteiger partial charge in [-0.1, -0.05) is 12.1 Å². The van der Waals surface area contributed by atoms with Gasteiger partial charge in [-0.25, -0.2) is 4.79 Å². The molecule has 0 spiro atoms. The molecular formula is C21H18N2O6. The van der Waals surface area contributed by atoms with Crippen molar-refractivity contribution in [3.05, 3.63) is 76.1 Å². The summed E-state index contributed by atoms with van der Waals surface area (Å²) in [5.74, 6) is -1.94. The highest BCUT2D eigenvalue weighted by Gasteiger charge is 2.15. The SMILES string of the molecule is CN(C)C(=O)c1ccc(NC(=O)COC(=O)c2cc(=O)c3ccccc3o2)cc1. The second-order valence-electron chi connectivity index (χ2n) is 6.37. The molecule has 0 atom stereocenters. The van der Waals surface area contributed by atoms with Gasteiger partial charge in [-0.05, 0) is 36.4 Å². The molecule has 0 aliphatic rings. The summed E-state index contributed by atoms with van der Waals surface area (Å²) in [5.41, 5.74) is 0.795. The largest absolute Gasteiger partial charge is 0.450 e. The molecule has 1 heterocycles. The van der Waals surface area contributed by atoms with E-state index in [4.69, 9.17) is 9.15 Å². The molecule has 1 N–H and O–H groups in total. The van der Waals surface area contributed by atoms with Crippen LogP contribution in [0.2, 0.25) is 0 Å². The third-order valence-electron chi connectivity index (χ3n) is 3.99. The van der Waals surface area contributed by atoms with Crippen molar-refractivity contribution in [2.24, 2.45) is 0 Å². The number of nitrogens with one attached hydrogen (secondary N) is 1. The predicted molar refractivity (Wildman–Crippen MR) is 106 cm³/mol. The van der Waals surface area contributed by atoms with E-state index in [0.29, 0.717) is 16.6 Å². The summed E-state index contributed by atoms with van der Waals surface area (Å²) >= 11 is 0. The van der Waals surface area contributed by atoms with E-state index < -0.39 is 18.5 Å². The van der Waals surface area contributed by atoms with Gasteiger partial charge in [-0.3, -0.25) is 14.4 Å². The van der Waals surface area contributed by atoms with Gasteiger partial charge >= 0.3 is 5.97 Å². The number of amides is 2. The average Bonchev–Trinajstić information content (AvgIpc) is 2.72. The molecule has 0 aliphatic heterocycles. The number of anilines is 1. The zero-order valence-corrected chi connectivity index (χ0v) is 15.8. The summed E-state index contributed by atoms with van der Waals surface area (Å²) in [6.07, 6.45) is 0. The lowest BCUT2D eigenvalue weighted by Crippen LogP contribution is -2.22. The maximum Gasteiger partial charge on any atom is 0.374 e. The number of nitrogens with zero attached hydrogens (tertiary/aromatic N) is 1. The fourth-order valence-electron chi connectivity index (χ4n) is 2.56. The second-order valence-corrected chi connectivity index (χ2v) is 6.37. The number of hydrogen-bond acceptors (Lipinski definition) is 6. The Bertz CT molecular complexity index is 1130. The lowest BCUT2D eigenvalue weighted by atomic mass is 10.2. The molecular weight excluding hydrogens is 376 g/mol. The maximum atomic E-state index is 12.1. The topological polar surface area (TPSA) is 106 Å². The minimum absolute atomic E-state index is 0.159. The van der Waals surface area contributed by atoms with Crippen molar-refractivity contribution < 1.29 is 23.5 Å². The van der Waals surface area contributed by atoms with Gasteiger partial charge in [0.2, 0.25) is 5.76 Å². The molecule has 3 aromatic rings. The number of ether oxygens (including phenoxy) is 1. The van der Waals surface area contributed by atoms with Crippen LogP contribution in [0.1, 0.15) is 20.9 Å². The third-order valence-corrected chi connectivity index (χ3v) is 3.99. The maximum absolute atomic E-state index is 12.1.